The van der Waals surface area contributed by atoms with Crippen molar-refractivity contribution in [3.63, 3.8) is 0 Å². The Balaban J connectivity index is 1.92. The number of carbonyl (C=O) groups is 1. The molecule has 0 spiro atoms. The number of carbonyl (C=O) groups excluding carboxylic acids is 1. The molecule has 20 heavy (non-hydrogen) atoms. The summed E-state index contributed by atoms with van der Waals surface area (Å²) >= 11 is 3.43. The highest BCUT2D eigenvalue weighted by atomic mass is 79.9. The summed E-state index contributed by atoms with van der Waals surface area (Å²) in [6.45, 7) is 0.692. The number of hydrogen-bond donors (Lipinski definition) is 1. The number of para-hydroxylation sites is 1. The molecule has 3 rings (SSSR count). The number of nitrogens with two attached hydrogens (primary N) is 1. The molecular formula is C16H15BrN2O. The summed E-state index contributed by atoms with van der Waals surface area (Å²) in [5.41, 5.74) is 9.02. The number of nitrogens with zero attached hydrogens (tertiary/aromatic N) is 1. The molecule has 4 heteroatoms. The second kappa shape index (κ2) is 5.29. The first-order chi connectivity index (χ1) is 9.65. The molecule has 0 bridgehead atoms. The Morgan fingerprint density at radius 3 is 2.60 bits per heavy atom. The molecule has 0 aliphatic carbocycles. The van der Waals surface area contributed by atoms with Crippen LogP contribution in [0.2, 0.25) is 0 Å². The minimum atomic E-state index is -0.265. The SMILES string of the molecule is NC(=O)[C@@H]1Cc2ccccc2N1Cc1ccc(Br)cc1. The topological polar surface area (TPSA) is 46.3 Å². The third-order valence-corrected chi connectivity index (χ3v) is 4.21. The second-order valence-corrected chi connectivity index (χ2v) is 5.92. The average molecular weight is 331 g/mol. The Kier molecular flexibility index (Phi) is 3.49. The van der Waals surface area contributed by atoms with E-state index in [9.17, 15) is 4.79 Å². The molecule has 0 fully saturated rings. The van der Waals surface area contributed by atoms with Crippen molar-refractivity contribution < 1.29 is 4.79 Å². The van der Waals surface area contributed by atoms with Gasteiger partial charge < -0.3 is 10.6 Å². The predicted molar refractivity (Wildman–Crippen MR) is 83.5 cm³/mol. The van der Waals surface area contributed by atoms with Gasteiger partial charge in [-0.2, -0.15) is 0 Å². The lowest BCUT2D eigenvalue weighted by Crippen LogP contribution is -2.42. The first-order valence-corrected chi connectivity index (χ1v) is 7.33. The quantitative estimate of drug-likeness (QED) is 0.940. The zero-order valence-electron chi connectivity index (χ0n) is 10.9. The number of fused-ring (bicyclic) bond motifs is 1. The van der Waals surface area contributed by atoms with Gasteiger partial charge in [-0.15, -0.1) is 0 Å². The van der Waals surface area contributed by atoms with Crippen molar-refractivity contribution in [1.82, 2.24) is 0 Å². The van der Waals surface area contributed by atoms with Crippen LogP contribution in [0.3, 0.4) is 0 Å². The lowest BCUT2D eigenvalue weighted by Gasteiger charge is -2.25. The van der Waals surface area contributed by atoms with Crippen LogP contribution in [-0.4, -0.2) is 11.9 Å². The number of amides is 1. The Morgan fingerprint density at radius 1 is 1.20 bits per heavy atom. The third-order valence-electron chi connectivity index (χ3n) is 3.69. The molecule has 1 aliphatic heterocycles. The summed E-state index contributed by atoms with van der Waals surface area (Å²) in [6.07, 6.45) is 0.696. The van der Waals surface area contributed by atoms with Crippen molar-refractivity contribution in [3.8, 4) is 0 Å². The van der Waals surface area contributed by atoms with Crippen molar-refractivity contribution in [3.05, 3.63) is 64.1 Å². The monoisotopic (exact) mass is 330 g/mol. The molecule has 1 heterocycles. The Labute approximate surface area is 126 Å². The normalized spacial score (nSPS) is 17.1. The third kappa shape index (κ3) is 2.43. The van der Waals surface area contributed by atoms with Gasteiger partial charge in [0.2, 0.25) is 5.91 Å². The van der Waals surface area contributed by atoms with E-state index < -0.39 is 0 Å². The number of anilines is 1. The fraction of sp³-hybridized carbons (Fsp3) is 0.188. The van der Waals surface area contributed by atoms with Gasteiger partial charge in [-0.3, -0.25) is 4.79 Å². The van der Waals surface area contributed by atoms with Crippen LogP contribution in [0.15, 0.2) is 53.0 Å². The summed E-state index contributed by atoms with van der Waals surface area (Å²) in [6, 6.07) is 16.0. The maximum atomic E-state index is 11.7. The first-order valence-electron chi connectivity index (χ1n) is 6.53. The smallest absolute Gasteiger partial charge is 0.240 e. The number of primary amides is 1. The van der Waals surface area contributed by atoms with Crippen LogP contribution in [0.1, 0.15) is 11.1 Å². The van der Waals surface area contributed by atoms with Crippen LogP contribution >= 0.6 is 15.9 Å². The molecular weight excluding hydrogens is 316 g/mol. The van der Waals surface area contributed by atoms with Crippen LogP contribution in [-0.2, 0) is 17.8 Å². The van der Waals surface area contributed by atoms with Crippen molar-refractivity contribution >= 4 is 27.5 Å². The highest BCUT2D eigenvalue weighted by Crippen LogP contribution is 2.33. The molecule has 0 radical (unpaired) electrons. The fourth-order valence-electron chi connectivity index (χ4n) is 2.69. The Hall–Kier alpha value is -1.81. The van der Waals surface area contributed by atoms with Crippen molar-refractivity contribution in [1.29, 1.82) is 0 Å². The van der Waals surface area contributed by atoms with Gasteiger partial charge in [0.05, 0.1) is 0 Å². The van der Waals surface area contributed by atoms with Crippen LogP contribution in [0.4, 0.5) is 5.69 Å². The molecule has 2 aromatic rings. The Morgan fingerprint density at radius 2 is 1.90 bits per heavy atom. The van der Waals surface area contributed by atoms with E-state index in [1.165, 1.54) is 5.56 Å². The van der Waals surface area contributed by atoms with Gasteiger partial charge in [0, 0.05) is 23.1 Å². The molecule has 2 N–H and O–H groups in total. The summed E-state index contributed by atoms with van der Waals surface area (Å²) < 4.78 is 1.05. The van der Waals surface area contributed by atoms with Gasteiger partial charge in [0.25, 0.3) is 0 Å². The summed E-state index contributed by atoms with van der Waals surface area (Å²) in [7, 11) is 0. The van der Waals surface area contributed by atoms with E-state index in [-0.39, 0.29) is 11.9 Å². The van der Waals surface area contributed by atoms with Crippen molar-refractivity contribution in [2.45, 2.75) is 19.0 Å². The predicted octanol–water partition coefficient (Wildman–Crippen LogP) is 2.87. The van der Waals surface area contributed by atoms with E-state index in [4.69, 9.17) is 5.73 Å². The lowest BCUT2D eigenvalue weighted by atomic mass is 10.1. The van der Waals surface area contributed by atoms with Gasteiger partial charge in [0.1, 0.15) is 6.04 Å². The zero-order valence-corrected chi connectivity index (χ0v) is 12.5. The lowest BCUT2D eigenvalue weighted by molar-refractivity contribution is -0.119. The molecule has 3 nitrogen and oxygen atoms in total. The molecule has 1 aliphatic rings. The molecule has 0 saturated carbocycles. The zero-order chi connectivity index (χ0) is 14.1. The van der Waals surface area contributed by atoms with E-state index in [0.29, 0.717) is 13.0 Å². The van der Waals surface area contributed by atoms with Gasteiger partial charge >= 0.3 is 0 Å². The largest absolute Gasteiger partial charge is 0.368 e. The number of hydrogen-bond acceptors (Lipinski definition) is 2. The van der Waals surface area contributed by atoms with Crippen molar-refractivity contribution in [2.24, 2.45) is 5.73 Å². The van der Waals surface area contributed by atoms with Crippen LogP contribution in [0, 0.1) is 0 Å². The molecule has 0 unspecified atom stereocenters. The van der Waals surface area contributed by atoms with Gasteiger partial charge in [-0.1, -0.05) is 46.3 Å². The number of rotatable bonds is 3. The van der Waals surface area contributed by atoms with Crippen molar-refractivity contribution in [2.75, 3.05) is 4.90 Å². The van der Waals surface area contributed by atoms with E-state index in [1.807, 2.05) is 24.3 Å². The molecule has 2 aromatic carbocycles. The molecule has 102 valence electrons. The maximum Gasteiger partial charge on any atom is 0.240 e. The summed E-state index contributed by atoms with van der Waals surface area (Å²) in [5, 5.41) is 0. The maximum absolute atomic E-state index is 11.7. The second-order valence-electron chi connectivity index (χ2n) is 5.01. The van der Waals surface area contributed by atoms with E-state index in [0.717, 1.165) is 15.7 Å². The first kappa shape index (κ1) is 13.2. The van der Waals surface area contributed by atoms with E-state index in [2.05, 4.69) is 45.1 Å². The van der Waals surface area contributed by atoms with Crippen LogP contribution in [0.5, 0.6) is 0 Å². The molecule has 0 saturated heterocycles. The minimum absolute atomic E-state index is 0.254. The number of benzene rings is 2. The van der Waals surface area contributed by atoms with Crippen LogP contribution in [0.25, 0.3) is 0 Å². The minimum Gasteiger partial charge on any atom is -0.368 e. The fourth-order valence-corrected chi connectivity index (χ4v) is 2.95. The highest BCUT2D eigenvalue weighted by Gasteiger charge is 2.32. The van der Waals surface area contributed by atoms with Crippen LogP contribution < -0.4 is 10.6 Å². The Bertz CT molecular complexity index is 639. The molecule has 1 atom stereocenters. The van der Waals surface area contributed by atoms with E-state index in [1.54, 1.807) is 0 Å². The standard InChI is InChI=1S/C16H15BrN2O/c17-13-7-5-11(6-8-13)10-19-14-4-2-1-3-12(14)9-15(19)16(18)20/h1-8,15H,9-10H2,(H2,18,20)/t15-/m0/s1. The number of halogens is 1. The highest BCUT2D eigenvalue weighted by molar-refractivity contribution is 9.10. The molecule has 1 amide bonds. The van der Waals surface area contributed by atoms with Gasteiger partial charge in [-0.05, 0) is 29.3 Å². The summed E-state index contributed by atoms with van der Waals surface area (Å²) in [4.78, 5) is 13.8. The van der Waals surface area contributed by atoms with Gasteiger partial charge in [-0.25, -0.2) is 0 Å². The average Bonchev–Trinajstić information content (AvgIpc) is 2.81. The molecule has 0 aromatic heterocycles. The van der Waals surface area contributed by atoms with E-state index >= 15 is 0 Å². The summed E-state index contributed by atoms with van der Waals surface area (Å²) in [5.74, 6) is -0.265. The van der Waals surface area contributed by atoms with Gasteiger partial charge in [0.15, 0.2) is 0 Å².